The number of carbonyl (C=O) groups is 4. The molecule has 0 bridgehead atoms. The van der Waals surface area contributed by atoms with Crippen molar-refractivity contribution in [3.05, 3.63) is 86.6 Å². The van der Waals surface area contributed by atoms with Crippen LogP contribution in [-0.2, 0) is 14.3 Å². The van der Waals surface area contributed by atoms with Gasteiger partial charge >= 0.3 is 12.2 Å². The average Bonchev–Trinajstić information content (AvgIpc) is 3.50. The molecule has 4 rings (SSSR count). The van der Waals surface area contributed by atoms with Crippen LogP contribution in [-0.4, -0.2) is 39.5 Å². The normalized spacial score (nSPS) is 16.8. The summed E-state index contributed by atoms with van der Waals surface area (Å²) in [6.45, 7) is 9.62. The van der Waals surface area contributed by atoms with E-state index in [1.165, 1.54) is 30.3 Å². The van der Waals surface area contributed by atoms with Crippen LogP contribution in [0.3, 0.4) is 0 Å². The molecule has 2 atom stereocenters. The molecule has 48 heavy (non-hydrogen) atoms. The van der Waals surface area contributed by atoms with Crippen LogP contribution in [0.15, 0.2) is 54.6 Å². The van der Waals surface area contributed by atoms with Crippen molar-refractivity contribution in [2.45, 2.75) is 63.0 Å². The van der Waals surface area contributed by atoms with Gasteiger partial charge in [-0.3, -0.25) is 9.59 Å². The van der Waals surface area contributed by atoms with Crippen LogP contribution in [0.4, 0.5) is 31.0 Å². The molecule has 2 N–H and O–H groups in total. The predicted molar refractivity (Wildman–Crippen MR) is 187 cm³/mol. The molecule has 0 spiro atoms. The second-order valence-electron chi connectivity index (χ2n) is 12.9. The molecule has 3 aromatic rings. The summed E-state index contributed by atoms with van der Waals surface area (Å²) in [5.74, 6) is -3.80. The summed E-state index contributed by atoms with van der Waals surface area (Å²) in [5, 5.41) is 5.81. The van der Waals surface area contributed by atoms with Gasteiger partial charge in [0.1, 0.15) is 21.4 Å². The zero-order valence-electron chi connectivity index (χ0n) is 26.5. The van der Waals surface area contributed by atoms with Crippen LogP contribution < -0.4 is 15.5 Å². The number of hydrogen-bond donors (Lipinski definition) is 2. The van der Waals surface area contributed by atoms with Gasteiger partial charge in [0, 0.05) is 27.7 Å². The number of ether oxygens (including phenoxy) is 2. The number of benzene rings is 3. The smallest absolute Gasteiger partial charge is 0.424 e. The highest BCUT2D eigenvalue weighted by atomic mass is 35.5. The van der Waals surface area contributed by atoms with Crippen molar-refractivity contribution in [1.29, 1.82) is 0 Å². The molecule has 0 aromatic heterocycles. The summed E-state index contributed by atoms with van der Waals surface area (Å²) in [6.07, 6.45) is -2.18. The number of alkyl halides is 2. The summed E-state index contributed by atoms with van der Waals surface area (Å²) in [7, 11) is 0. The highest BCUT2D eigenvalue weighted by molar-refractivity contribution is 6.53. The predicted octanol–water partition coefficient (Wildman–Crippen LogP) is 10.2. The Morgan fingerprint density at radius 1 is 0.792 bits per heavy atom. The van der Waals surface area contributed by atoms with Crippen molar-refractivity contribution in [2.75, 3.05) is 15.5 Å². The average molecular weight is 762 g/mol. The van der Waals surface area contributed by atoms with Crippen LogP contribution in [0.25, 0.3) is 0 Å². The number of nitrogens with zero attached hydrogens (tertiary/aromatic N) is 1. The van der Waals surface area contributed by atoms with Gasteiger partial charge in [-0.1, -0.05) is 34.8 Å². The fourth-order valence-electron chi connectivity index (χ4n) is 4.65. The fraction of sp³-hybridized carbons (Fsp3) is 0.333. The van der Waals surface area contributed by atoms with E-state index in [1.54, 1.807) is 53.7 Å². The fourth-order valence-corrected chi connectivity index (χ4v) is 6.23. The molecular weight excluding hydrogens is 731 g/mol. The van der Waals surface area contributed by atoms with E-state index >= 15 is 4.39 Å². The Morgan fingerprint density at radius 3 is 1.88 bits per heavy atom. The van der Waals surface area contributed by atoms with Crippen LogP contribution in [0, 0.1) is 11.7 Å². The van der Waals surface area contributed by atoms with Crippen molar-refractivity contribution >= 4 is 99.1 Å². The Balaban J connectivity index is 1.52. The topological polar surface area (TPSA) is 114 Å². The molecule has 3 aromatic carbocycles. The van der Waals surface area contributed by atoms with Crippen molar-refractivity contribution in [3.8, 4) is 0 Å². The lowest BCUT2D eigenvalue weighted by Gasteiger charge is -2.28. The summed E-state index contributed by atoms with van der Waals surface area (Å²) in [4.78, 5) is 52.8. The Hall–Kier alpha value is -3.28. The number of imide groups is 1. The van der Waals surface area contributed by atoms with Gasteiger partial charge in [-0.15, -0.1) is 23.2 Å². The van der Waals surface area contributed by atoms with Crippen molar-refractivity contribution in [3.63, 3.8) is 0 Å². The molecule has 0 heterocycles. The first-order valence-electron chi connectivity index (χ1n) is 14.4. The summed E-state index contributed by atoms with van der Waals surface area (Å²) < 4.78 is 24.6. The van der Waals surface area contributed by atoms with E-state index in [2.05, 4.69) is 10.6 Å². The van der Waals surface area contributed by atoms with Gasteiger partial charge in [0.15, 0.2) is 0 Å². The Bertz CT molecular complexity index is 1740. The maximum absolute atomic E-state index is 15.4. The molecule has 256 valence electrons. The van der Waals surface area contributed by atoms with E-state index in [1.807, 2.05) is 0 Å². The van der Waals surface area contributed by atoms with E-state index in [0.717, 1.165) is 12.1 Å². The highest BCUT2D eigenvalue weighted by Crippen LogP contribution is 2.65. The molecule has 1 fully saturated rings. The maximum atomic E-state index is 15.4. The first-order valence-corrected chi connectivity index (χ1v) is 16.3. The van der Waals surface area contributed by atoms with E-state index in [0.29, 0.717) is 20.5 Å². The third kappa shape index (κ3) is 9.03. The Kier molecular flexibility index (Phi) is 10.9. The number of nitrogens with one attached hydrogen (secondary N) is 2. The molecule has 0 aliphatic heterocycles. The molecule has 15 heteroatoms. The van der Waals surface area contributed by atoms with E-state index < -0.39 is 57.2 Å². The third-order valence-corrected chi connectivity index (χ3v) is 8.38. The summed E-state index contributed by atoms with van der Waals surface area (Å²) >= 11 is 31.4. The molecule has 0 radical (unpaired) electrons. The van der Waals surface area contributed by atoms with Gasteiger partial charge in [0.25, 0.3) is 5.91 Å². The molecule has 0 unspecified atom stereocenters. The lowest BCUT2D eigenvalue weighted by atomic mass is 10.1. The minimum absolute atomic E-state index is 0.00505. The zero-order valence-corrected chi connectivity index (χ0v) is 30.3. The molecule has 1 saturated carbocycles. The van der Waals surface area contributed by atoms with Crippen LogP contribution in [0.2, 0.25) is 15.1 Å². The third-order valence-electron chi connectivity index (χ3n) is 6.67. The minimum Gasteiger partial charge on any atom is -0.443 e. The van der Waals surface area contributed by atoms with E-state index in [-0.39, 0.29) is 27.6 Å². The SMILES string of the molecule is CC(C)(C)OC(=O)N(C(=O)OC(C)(C)C)c1ccc(NC(=O)c2cc(NC(=O)[C@H]3[C@H](c4cc(Cl)cc(Cl)c4)C3(Cl)Cl)ccc2Cl)c(F)c1. The summed E-state index contributed by atoms with van der Waals surface area (Å²) in [6, 6.07) is 12.2. The number of rotatable bonds is 6. The quantitative estimate of drug-likeness (QED) is 0.242. The number of anilines is 3. The first-order chi connectivity index (χ1) is 22.1. The van der Waals surface area contributed by atoms with Crippen molar-refractivity contribution < 1.29 is 33.0 Å². The molecule has 1 aliphatic rings. The number of halogens is 6. The Labute approximate surface area is 301 Å². The van der Waals surface area contributed by atoms with E-state index in [4.69, 9.17) is 67.5 Å². The number of hydrogen-bond acceptors (Lipinski definition) is 6. The van der Waals surface area contributed by atoms with Gasteiger partial charge < -0.3 is 20.1 Å². The minimum atomic E-state index is -1.43. The lowest BCUT2D eigenvalue weighted by Crippen LogP contribution is -2.43. The van der Waals surface area contributed by atoms with Crippen LogP contribution in [0.5, 0.6) is 0 Å². The lowest BCUT2D eigenvalue weighted by molar-refractivity contribution is -0.117. The van der Waals surface area contributed by atoms with Crippen molar-refractivity contribution in [2.24, 2.45) is 5.92 Å². The molecule has 4 amide bonds. The zero-order chi connectivity index (χ0) is 35.9. The van der Waals surface area contributed by atoms with Gasteiger partial charge in [-0.05, 0) is 95.6 Å². The maximum Gasteiger partial charge on any atom is 0.424 e. The van der Waals surface area contributed by atoms with Gasteiger partial charge in [-0.25, -0.2) is 14.0 Å². The monoisotopic (exact) mass is 759 g/mol. The second kappa shape index (κ2) is 13.9. The van der Waals surface area contributed by atoms with Crippen LogP contribution in [0.1, 0.15) is 63.4 Å². The van der Waals surface area contributed by atoms with Gasteiger partial charge in [0.2, 0.25) is 5.91 Å². The number of carbonyl (C=O) groups excluding carboxylic acids is 4. The highest BCUT2D eigenvalue weighted by Gasteiger charge is 2.67. The Morgan fingerprint density at radius 2 is 1.35 bits per heavy atom. The molecule has 0 saturated heterocycles. The number of amides is 4. The van der Waals surface area contributed by atoms with Gasteiger partial charge in [0.05, 0.1) is 27.9 Å². The molecular formula is C33H31Cl5FN3O6. The van der Waals surface area contributed by atoms with Crippen molar-refractivity contribution in [1.82, 2.24) is 0 Å². The first kappa shape index (κ1) is 37.5. The largest absolute Gasteiger partial charge is 0.443 e. The second-order valence-corrected chi connectivity index (χ2v) is 15.7. The van der Waals surface area contributed by atoms with E-state index in [9.17, 15) is 19.2 Å². The summed E-state index contributed by atoms with van der Waals surface area (Å²) in [5.41, 5.74) is -1.77. The molecule has 1 aliphatic carbocycles. The van der Waals surface area contributed by atoms with Gasteiger partial charge in [-0.2, -0.15) is 4.90 Å². The van der Waals surface area contributed by atoms with Crippen LogP contribution >= 0.6 is 58.0 Å². The standard InChI is InChI=1S/C33H31Cl5FN3O6/c1-31(2,3)47-29(45)42(30(46)48-32(4,5)6)20-8-10-24(23(39)15-20)41-27(43)21-14-19(7-9-22(21)36)40-28(44)26-25(33(26,37)38)16-11-17(34)13-18(35)12-16/h7-15,25-26H,1-6H3,(H,40,44)(H,41,43)/t25-,26+/m0/s1. The molecule has 9 nitrogen and oxygen atoms in total.